The third-order valence-electron chi connectivity index (χ3n) is 5.56. The molecule has 160 valence electrons. The van der Waals surface area contributed by atoms with E-state index < -0.39 is 0 Å². The van der Waals surface area contributed by atoms with Gasteiger partial charge in [0, 0.05) is 25.2 Å². The van der Waals surface area contributed by atoms with E-state index in [1.165, 1.54) is 17.5 Å². The zero-order chi connectivity index (χ0) is 21.3. The smallest absolute Gasteiger partial charge is 0.333 e. The number of aryl methyl sites for hydroxylation is 1. The summed E-state index contributed by atoms with van der Waals surface area (Å²) in [7, 11) is 0. The van der Waals surface area contributed by atoms with Crippen LogP contribution in [-0.2, 0) is 27.1 Å². The number of rotatable bonds is 9. The van der Waals surface area contributed by atoms with Crippen LogP contribution in [0, 0.1) is 0 Å². The molecule has 0 aromatic heterocycles. The van der Waals surface area contributed by atoms with Gasteiger partial charge < -0.3 is 14.6 Å². The van der Waals surface area contributed by atoms with Gasteiger partial charge in [-0.3, -0.25) is 0 Å². The molecule has 1 saturated heterocycles. The van der Waals surface area contributed by atoms with E-state index >= 15 is 0 Å². The summed E-state index contributed by atoms with van der Waals surface area (Å²) >= 11 is 0. The Hall–Kier alpha value is -2.43. The molecule has 1 aliphatic heterocycles. The first-order valence-electron chi connectivity index (χ1n) is 10.9. The van der Waals surface area contributed by atoms with E-state index in [0.29, 0.717) is 25.0 Å². The average Bonchev–Trinajstić information content (AvgIpc) is 2.78. The Balaban J connectivity index is 1.75. The molecule has 1 heterocycles. The van der Waals surface area contributed by atoms with Gasteiger partial charge in [-0.2, -0.15) is 0 Å². The molecule has 2 aromatic rings. The van der Waals surface area contributed by atoms with Gasteiger partial charge in [-0.25, -0.2) is 4.79 Å². The molecule has 1 fully saturated rings. The minimum absolute atomic E-state index is 0.163. The van der Waals surface area contributed by atoms with Crippen molar-refractivity contribution in [2.45, 2.75) is 51.6 Å². The summed E-state index contributed by atoms with van der Waals surface area (Å²) in [5.41, 5.74) is 6.28. The van der Waals surface area contributed by atoms with Gasteiger partial charge >= 0.3 is 5.97 Å². The van der Waals surface area contributed by atoms with Gasteiger partial charge in [0.2, 0.25) is 0 Å². The Labute approximate surface area is 179 Å². The van der Waals surface area contributed by atoms with Gasteiger partial charge in [0.15, 0.2) is 0 Å². The maximum atomic E-state index is 11.7. The third kappa shape index (κ3) is 6.04. The Bertz CT molecular complexity index is 848. The van der Waals surface area contributed by atoms with Crippen LogP contribution < -0.4 is 0 Å². The molecule has 4 nitrogen and oxygen atoms in total. The second-order valence-electron chi connectivity index (χ2n) is 7.95. The molecule has 1 N–H and O–H groups in total. The first-order chi connectivity index (χ1) is 14.6. The summed E-state index contributed by atoms with van der Waals surface area (Å²) < 4.78 is 11.2. The minimum atomic E-state index is -0.358. The number of hydrogen-bond acceptors (Lipinski definition) is 4. The number of benzene rings is 2. The standard InChI is InChI=1S/C26H32O4/c1-19(2)26(28)30-17-14-24-18-23(13-10-20(24)6-5-15-27)21-8-11-22(12-9-21)25-7-3-4-16-29-25/h8-13,18,25,27H,1,3-7,14-17H2,2H3. The van der Waals surface area contributed by atoms with Crippen molar-refractivity contribution < 1.29 is 19.4 Å². The number of esters is 1. The lowest BCUT2D eigenvalue weighted by Gasteiger charge is -2.23. The fourth-order valence-corrected chi connectivity index (χ4v) is 3.82. The van der Waals surface area contributed by atoms with E-state index in [1.54, 1.807) is 6.92 Å². The largest absolute Gasteiger partial charge is 0.462 e. The highest BCUT2D eigenvalue weighted by Gasteiger charge is 2.16. The number of carbonyl (C=O) groups is 1. The molecule has 4 heteroatoms. The Morgan fingerprint density at radius 1 is 1.10 bits per heavy atom. The van der Waals surface area contributed by atoms with Crippen LogP contribution in [0.1, 0.15) is 55.4 Å². The number of aliphatic hydroxyl groups excluding tert-OH is 1. The lowest BCUT2D eigenvalue weighted by Crippen LogP contribution is -2.11. The van der Waals surface area contributed by atoms with Gasteiger partial charge in [0.1, 0.15) is 0 Å². The molecular weight excluding hydrogens is 376 g/mol. The Morgan fingerprint density at radius 3 is 2.53 bits per heavy atom. The van der Waals surface area contributed by atoms with Crippen molar-refractivity contribution in [1.29, 1.82) is 0 Å². The lowest BCUT2D eigenvalue weighted by atomic mass is 9.94. The number of hydrogen-bond donors (Lipinski definition) is 1. The first-order valence-corrected chi connectivity index (χ1v) is 10.9. The van der Waals surface area contributed by atoms with Gasteiger partial charge in [0.25, 0.3) is 0 Å². The van der Waals surface area contributed by atoms with Gasteiger partial charge in [-0.05, 0) is 66.8 Å². The second kappa shape index (κ2) is 11.1. The summed E-state index contributed by atoms with van der Waals surface area (Å²) in [6.45, 7) is 6.60. The number of carbonyl (C=O) groups excluding carboxylic acids is 1. The topological polar surface area (TPSA) is 55.8 Å². The van der Waals surface area contributed by atoms with Crippen LogP contribution in [0.5, 0.6) is 0 Å². The van der Waals surface area contributed by atoms with Crippen molar-refractivity contribution in [2.75, 3.05) is 19.8 Å². The van der Waals surface area contributed by atoms with Gasteiger partial charge in [-0.15, -0.1) is 0 Å². The van der Waals surface area contributed by atoms with E-state index in [4.69, 9.17) is 9.47 Å². The van der Waals surface area contributed by atoms with Crippen molar-refractivity contribution in [3.8, 4) is 11.1 Å². The molecule has 0 radical (unpaired) electrons. The SMILES string of the molecule is C=C(C)C(=O)OCCc1cc(-c2ccc(C3CCCCO3)cc2)ccc1CCCO. The summed E-state index contributed by atoms with van der Waals surface area (Å²) in [5, 5.41) is 9.21. The quantitative estimate of drug-likeness (QED) is 0.459. The molecule has 2 aromatic carbocycles. The van der Waals surface area contributed by atoms with Crippen molar-refractivity contribution in [1.82, 2.24) is 0 Å². The molecule has 0 amide bonds. The van der Waals surface area contributed by atoms with Crippen LogP contribution in [0.2, 0.25) is 0 Å². The zero-order valence-corrected chi connectivity index (χ0v) is 17.9. The average molecular weight is 409 g/mol. The fraction of sp³-hybridized carbons (Fsp3) is 0.423. The molecule has 1 unspecified atom stereocenters. The fourth-order valence-electron chi connectivity index (χ4n) is 3.82. The Morgan fingerprint density at radius 2 is 1.87 bits per heavy atom. The molecular formula is C26H32O4. The molecule has 30 heavy (non-hydrogen) atoms. The van der Waals surface area contributed by atoms with Crippen LogP contribution in [-0.4, -0.2) is 30.9 Å². The van der Waals surface area contributed by atoms with Crippen LogP contribution in [0.4, 0.5) is 0 Å². The highest BCUT2D eigenvalue weighted by atomic mass is 16.5. The minimum Gasteiger partial charge on any atom is -0.462 e. The maximum Gasteiger partial charge on any atom is 0.333 e. The monoisotopic (exact) mass is 408 g/mol. The van der Waals surface area contributed by atoms with Crippen molar-refractivity contribution in [3.63, 3.8) is 0 Å². The lowest BCUT2D eigenvalue weighted by molar-refractivity contribution is -0.138. The molecule has 0 bridgehead atoms. The van der Waals surface area contributed by atoms with Crippen LogP contribution in [0.25, 0.3) is 11.1 Å². The summed E-state index contributed by atoms with van der Waals surface area (Å²) in [4.78, 5) is 11.7. The van der Waals surface area contributed by atoms with Gasteiger partial charge in [-0.1, -0.05) is 49.0 Å². The molecule has 0 saturated carbocycles. The van der Waals surface area contributed by atoms with Gasteiger partial charge in [0.05, 0.1) is 12.7 Å². The van der Waals surface area contributed by atoms with Crippen LogP contribution >= 0.6 is 0 Å². The van der Waals surface area contributed by atoms with Crippen LogP contribution in [0.15, 0.2) is 54.6 Å². The predicted molar refractivity (Wildman–Crippen MR) is 119 cm³/mol. The molecule has 0 spiro atoms. The maximum absolute atomic E-state index is 11.7. The highest BCUT2D eigenvalue weighted by Crippen LogP contribution is 2.30. The summed E-state index contributed by atoms with van der Waals surface area (Å²) in [6, 6.07) is 15.1. The first kappa shape index (κ1) is 22.3. The second-order valence-corrected chi connectivity index (χ2v) is 7.95. The van der Waals surface area contributed by atoms with E-state index in [1.807, 2.05) is 0 Å². The molecule has 3 rings (SSSR count). The number of ether oxygens (including phenoxy) is 2. The van der Waals surface area contributed by atoms with E-state index in [9.17, 15) is 9.90 Å². The summed E-state index contributed by atoms with van der Waals surface area (Å²) in [5.74, 6) is -0.358. The molecule has 1 atom stereocenters. The molecule has 1 aliphatic rings. The molecule has 0 aliphatic carbocycles. The zero-order valence-electron chi connectivity index (χ0n) is 17.9. The predicted octanol–water partition coefficient (Wildman–Crippen LogP) is 5.18. The Kier molecular flexibility index (Phi) is 8.23. The highest BCUT2D eigenvalue weighted by molar-refractivity contribution is 5.86. The van der Waals surface area contributed by atoms with Crippen LogP contribution in [0.3, 0.4) is 0 Å². The van der Waals surface area contributed by atoms with Crippen molar-refractivity contribution in [2.24, 2.45) is 0 Å². The summed E-state index contributed by atoms with van der Waals surface area (Å²) in [6.07, 6.45) is 5.84. The van der Waals surface area contributed by atoms with Crippen molar-refractivity contribution in [3.05, 3.63) is 71.3 Å². The van der Waals surface area contributed by atoms with E-state index in [0.717, 1.165) is 42.6 Å². The van der Waals surface area contributed by atoms with Crippen molar-refractivity contribution >= 4 is 5.97 Å². The van der Waals surface area contributed by atoms with E-state index in [-0.39, 0.29) is 18.7 Å². The normalized spacial score (nSPS) is 16.3. The third-order valence-corrected chi connectivity index (χ3v) is 5.56. The number of aliphatic hydroxyl groups is 1. The van der Waals surface area contributed by atoms with E-state index in [2.05, 4.69) is 49.0 Å².